The third-order valence-electron chi connectivity index (χ3n) is 4.70. The Hall–Kier alpha value is -0.760. The van der Waals surface area contributed by atoms with Crippen LogP contribution in [0.1, 0.15) is 56.3 Å². The van der Waals surface area contributed by atoms with Gasteiger partial charge in [-0.25, -0.2) is 0 Å². The van der Waals surface area contributed by atoms with Gasteiger partial charge in [-0.05, 0) is 55.6 Å². The van der Waals surface area contributed by atoms with Crippen LogP contribution in [0.3, 0.4) is 0 Å². The van der Waals surface area contributed by atoms with Crippen LogP contribution >= 0.6 is 0 Å². The first kappa shape index (κ1) is 11.3. The Balaban J connectivity index is 1.75. The smallest absolute Gasteiger partial charge is 0.0312 e. The average molecular weight is 232 g/mol. The molecule has 1 fully saturated rings. The zero-order valence-corrected chi connectivity index (χ0v) is 10.9. The van der Waals surface area contributed by atoms with E-state index in [-0.39, 0.29) is 0 Å². The first-order valence-corrected chi connectivity index (χ1v) is 7.17. The zero-order chi connectivity index (χ0) is 11.8. The standard InChI is InChI=1S/C15H24N2/c1-11-5-6-12(9-11)10-17-8-7-13-14(16)3-2-4-15(13)17/h7-8,11-12,14H,2-6,9-10,16H2,1H3. The highest BCUT2D eigenvalue weighted by Crippen LogP contribution is 2.34. The second-order valence-electron chi connectivity index (χ2n) is 6.15. The lowest BCUT2D eigenvalue weighted by Gasteiger charge is -2.22. The minimum absolute atomic E-state index is 0.294. The van der Waals surface area contributed by atoms with Crippen molar-refractivity contribution in [3.05, 3.63) is 23.5 Å². The van der Waals surface area contributed by atoms with Crippen LogP contribution in [-0.4, -0.2) is 4.57 Å². The van der Waals surface area contributed by atoms with Crippen LogP contribution in [0, 0.1) is 11.8 Å². The topological polar surface area (TPSA) is 30.9 Å². The van der Waals surface area contributed by atoms with E-state index in [1.54, 1.807) is 0 Å². The molecule has 94 valence electrons. The molecule has 0 radical (unpaired) electrons. The summed E-state index contributed by atoms with van der Waals surface area (Å²) in [6, 6.07) is 2.56. The molecule has 1 heterocycles. The Labute approximate surface area is 104 Å². The molecule has 17 heavy (non-hydrogen) atoms. The molecule has 2 aliphatic carbocycles. The highest BCUT2D eigenvalue weighted by Gasteiger charge is 2.24. The number of aromatic nitrogens is 1. The minimum Gasteiger partial charge on any atom is -0.351 e. The number of rotatable bonds is 2. The molecule has 0 aromatic carbocycles. The molecule has 1 aromatic rings. The number of hydrogen-bond acceptors (Lipinski definition) is 1. The van der Waals surface area contributed by atoms with E-state index in [4.69, 9.17) is 5.73 Å². The molecule has 3 unspecified atom stereocenters. The summed E-state index contributed by atoms with van der Waals surface area (Å²) < 4.78 is 2.50. The molecule has 2 nitrogen and oxygen atoms in total. The summed E-state index contributed by atoms with van der Waals surface area (Å²) in [5.41, 5.74) is 9.13. The normalized spacial score (nSPS) is 32.7. The molecule has 2 N–H and O–H groups in total. The molecule has 3 rings (SSSR count). The maximum Gasteiger partial charge on any atom is 0.0312 e. The van der Waals surface area contributed by atoms with Crippen molar-refractivity contribution in [2.45, 2.75) is 58.0 Å². The molecule has 0 saturated heterocycles. The number of nitrogens with zero attached hydrogens (tertiary/aromatic N) is 1. The summed E-state index contributed by atoms with van der Waals surface area (Å²) in [7, 11) is 0. The summed E-state index contributed by atoms with van der Waals surface area (Å²) in [5.74, 6) is 1.84. The quantitative estimate of drug-likeness (QED) is 0.833. The summed E-state index contributed by atoms with van der Waals surface area (Å²) in [5, 5.41) is 0. The lowest BCUT2D eigenvalue weighted by molar-refractivity contribution is 0.426. The Bertz CT molecular complexity index is 394. The Morgan fingerprint density at radius 2 is 2.24 bits per heavy atom. The first-order chi connectivity index (χ1) is 8.24. The molecule has 0 spiro atoms. The van der Waals surface area contributed by atoms with Crippen molar-refractivity contribution >= 4 is 0 Å². The van der Waals surface area contributed by atoms with Gasteiger partial charge in [0.1, 0.15) is 0 Å². The van der Waals surface area contributed by atoms with Crippen molar-refractivity contribution in [3.8, 4) is 0 Å². The molecule has 2 heteroatoms. The van der Waals surface area contributed by atoms with Gasteiger partial charge in [-0.3, -0.25) is 0 Å². The zero-order valence-electron chi connectivity index (χ0n) is 10.9. The van der Waals surface area contributed by atoms with E-state index in [0.717, 1.165) is 18.3 Å². The molecule has 0 aliphatic heterocycles. The lowest BCUT2D eigenvalue weighted by Crippen LogP contribution is -2.19. The van der Waals surface area contributed by atoms with Gasteiger partial charge >= 0.3 is 0 Å². The predicted octanol–water partition coefficient (Wildman–Crippen LogP) is 3.26. The summed E-state index contributed by atoms with van der Waals surface area (Å²) in [4.78, 5) is 0. The van der Waals surface area contributed by atoms with Gasteiger partial charge in [0.05, 0.1) is 0 Å². The number of nitrogens with two attached hydrogens (primary N) is 1. The average Bonchev–Trinajstić information content (AvgIpc) is 2.88. The second-order valence-corrected chi connectivity index (χ2v) is 6.15. The van der Waals surface area contributed by atoms with Crippen molar-refractivity contribution < 1.29 is 0 Å². The van der Waals surface area contributed by atoms with E-state index >= 15 is 0 Å². The monoisotopic (exact) mass is 232 g/mol. The first-order valence-electron chi connectivity index (χ1n) is 7.17. The van der Waals surface area contributed by atoms with E-state index in [1.165, 1.54) is 49.9 Å². The molecule has 1 saturated carbocycles. The van der Waals surface area contributed by atoms with E-state index in [1.807, 2.05) is 0 Å². The van der Waals surface area contributed by atoms with E-state index in [9.17, 15) is 0 Å². The summed E-state index contributed by atoms with van der Waals surface area (Å²) in [6.07, 6.45) is 10.2. The largest absolute Gasteiger partial charge is 0.351 e. The van der Waals surface area contributed by atoms with Gasteiger partial charge in [-0.15, -0.1) is 0 Å². The van der Waals surface area contributed by atoms with E-state index in [2.05, 4.69) is 23.8 Å². The van der Waals surface area contributed by atoms with Gasteiger partial charge in [0.15, 0.2) is 0 Å². The van der Waals surface area contributed by atoms with Crippen LogP contribution in [-0.2, 0) is 13.0 Å². The summed E-state index contributed by atoms with van der Waals surface area (Å²) in [6.45, 7) is 3.62. The fourth-order valence-corrected chi connectivity index (χ4v) is 3.73. The fraction of sp³-hybridized carbons (Fsp3) is 0.733. The highest BCUT2D eigenvalue weighted by molar-refractivity contribution is 5.28. The fourth-order valence-electron chi connectivity index (χ4n) is 3.73. The van der Waals surface area contributed by atoms with Gasteiger partial charge in [-0.1, -0.05) is 13.3 Å². The maximum atomic E-state index is 6.18. The SMILES string of the molecule is CC1CCC(Cn2ccc3c2CCCC3N)C1. The van der Waals surface area contributed by atoms with Crippen molar-refractivity contribution in [3.63, 3.8) is 0 Å². The third-order valence-corrected chi connectivity index (χ3v) is 4.70. The molecular weight excluding hydrogens is 208 g/mol. The predicted molar refractivity (Wildman–Crippen MR) is 70.8 cm³/mol. The molecule has 2 aliphatic rings. The molecule has 0 bridgehead atoms. The van der Waals surface area contributed by atoms with Crippen LogP contribution in [0.2, 0.25) is 0 Å². The Morgan fingerprint density at radius 1 is 1.35 bits per heavy atom. The van der Waals surface area contributed by atoms with Crippen molar-refractivity contribution in [1.29, 1.82) is 0 Å². The Kier molecular flexibility index (Phi) is 2.99. The van der Waals surface area contributed by atoms with Crippen LogP contribution in [0.15, 0.2) is 12.3 Å². The molecular formula is C15H24N2. The van der Waals surface area contributed by atoms with Crippen LogP contribution in [0.25, 0.3) is 0 Å². The second kappa shape index (κ2) is 4.49. The van der Waals surface area contributed by atoms with E-state index in [0.29, 0.717) is 6.04 Å². The van der Waals surface area contributed by atoms with Crippen LogP contribution in [0.4, 0.5) is 0 Å². The molecule has 0 amide bonds. The van der Waals surface area contributed by atoms with Crippen molar-refractivity contribution in [1.82, 2.24) is 4.57 Å². The van der Waals surface area contributed by atoms with Gasteiger partial charge in [0, 0.05) is 24.5 Å². The maximum absolute atomic E-state index is 6.18. The van der Waals surface area contributed by atoms with Gasteiger partial charge in [0.25, 0.3) is 0 Å². The minimum atomic E-state index is 0.294. The summed E-state index contributed by atoms with van der Waals surface area (Å²) >= 11 is 0. The highest BCUT2D eigenvalue weighted by atomic mass is 15.0. The molecule has 3 atom stereocenters. The third kappa shape index (κ3) is 2.15. The number of hydrogen-bond donors (Lipinski definition) is 1. The Morgan fingerprint density at radius 3 is 3.00 bits per heavy atom. The van der Waals surface area contributed by atoms with Gasteiger partial charge < -0.3 is 10.3 Å². The van der Waals surface area contributed by atoms with Crippen molar-refractivity contribution in [2.75, 3.05) is 0 Å². The van der Waals surface area contributed by atoms with E-state index < -0.39 is 0 Å². The van der Waals surface area contributed by atoms with Crippen molar-refractivity contribution in [2.24, 2.45) is 17.6 Å². The lowest BCUT2D eigenvalue weighted by atomic mass is 9.93. The van der Waals surface area contributed by atoms with Gasteiger partial charge in [-0.2, -0.15) is 0 Å². The number of fused-ring (bicyclic) bond motifs is 1. The van der Waals surface area contributed by atoms with Crippen LogP contribution < -0.4 is 5.73 Å². The molecule has 1 aromatic heterocycles. The van der Waals surface area contributed by atoms with Crippen LogP contribution in [0.5, 0.6) is 0 Å². The van der Waals surface area contributed by atoms with Gasteiger partial charge in [0.2, 0.25) is 0 Å².